The van der Waals surface area contributed by atoms with Gasteiger partial charge in [-0.05, 0) is 57.8 Å². The van der Waals surface area contributed by atoms with E-state index in [9.17, 15) is 19.8 Å². The summed E-state index contributed by atoms with van der Waals surface area (Å²) in [6.07, 6.45) is 85.7. The molecule has 0 aliphatic rings. The molecule has 2 atom stereocenters. The van der Waals surface area contributed by atoms with Crippen molar-refractivity contribution >= 4 is 11.9 Å². The molecule has 6 nitrogen and oxygen atoms in total. The number of ether oxygens (including phenoxy) is 1. The first kappa shape index (κ1) is 76.3. The topological polar surface area (TPSA) is 95.9 Å². The molecule has 0 rings (SSSR count). The summed E-state index contributed by atoms with van der Waals surface area (Å²) in [5, 5.41) is 23.0. The van der Waals surface area contributed by atoms with Crippen molar-refractivity contribution < 1.29 is 24.5 Å². The van der Waals surface area contributed by atoms with Crippen molar-refractivity contribution in [1.82, 2.24) is 5.32 Å². The number of unbranched alkanes of at least 4 members (excludes halogenated alkanes) is 54. The zero-order valence-corrected chi connectivity index (χ0v) is 52.9. The van der Waals surface area contributed by atoms with Crippen LogP contribution in [0.5, 0.6) is 0 Å². The SMILES string of the molecule is CCCCCCCCCC/C=C/C(O)C(CO)NC(=O)CCCCCCCCCCCCCCCCCCC/C=C\CCCCCCCCCCCCCCCCOC(=O)CCCCCCCCCCCCCCCCCC. The highest BCUT2D eigenvalue weighted by Crippen LogP contribution is 2.19. The largest absolute Gasteiger partial charge is 0.466 e. The highest BCUT2D eigenvalue weighted by molar-refractivity contribution is 5.76. The van der Waals surface area contributed by atoms with Gasteiger partial charge >= 0.3 is 5.97 Å². The molecule has 78 heavy (non-hydrogen) atoms. The van der Waals surface area contributed by atoms with Crippen LogP contribution in [0.4, 0.5) is 0 Å². The lowest BCUT2D eigenvalue weighted by Crippen LogP contribution is -2.45. The van der Waals surface area contributed by atoms with Crippen LogP contribution >= 0.6 is 0 Å². The summed E-state index contributed by atoms with van der Waals surface area (Å²) in [6.45, 7) is 4.92. The van der Waals surface area contributed by atoms with Crippen molar-refractivity contribution in [3.05, 3.63) is 24.3 Å². The summed E-state index contributed by atoms with van der Waals surface area (Å²) >= 11 is 0. The first-order valence-electron chi connectivity index (χ1n) is 35.6. The van der Waals surface area contributed by atoms with E-state index >= 15 is 0 Å². The Morgan fingerprint density at radius 3 is 0.910 bits per heavy atom. The Kier molecular flexibility index (Phi) is 66.4. The van der Waals surface area contributed by atoms with Crippen LogP contribution in [0, 0.1) is 0 Å². The van der Waals surface area contributed by atoms with E-state index in [1.165, 1.54) is 334 Å². The number of hydrogen-bond acceptors (Lipinski definition) is 5. The lowest BCUT2D eigenvalue weighted by atomic mass is 10.0. The van der Waals surface area contributed by atoms with E-state index in [1.807, 2.05) is 6.08 Å². The lowest BCUT2D eigenvalue weighted by Gasteiger charge is -2.20. The smallest absolute Gasteiger partial charge is 0.305 e. The van der Waals surface area contributed by atoms with Crippen LogP contribution in [-0.2, 0) is 14.3 Å². The molecular weight excluding hydrogens is 959 g/mol. The predicted molar refractivity (Wildman–Crippen MR) is 343 cm³/mol. The van der Waals surface area contributed by atoms with E-state index < -0.39 is 12.1 Å². The van der Waals surface area contributed by atoms with Gasteiger partial charge in [0.2, 0.25) is 5.91 Å². The predicted octanol–water partition coefficient (Wildman–Crippen LogP) is 22.9. The fourth-order valence-electron chi connectivity index (χ4n) is 11.3. The lowest BCUT2D eigenvalue weighted by molar-refractivity contribution is -0.143. The van der Waals surface area contributed by atoms with Gasteiger partial charge < -0.3 is 20.3 Å². The minimum absolute atomic E-state index is 0.0240. The molecule has 0 aliphatic heterocycles. The Balaban J connectivity index is 3.31. The average molecular weight is 1100 g/mol. The number of aliphatic hydroxyl groups excluding tert-OH is 2. The number of nitrogens with one attached hydrogen (secondary N) is 1. The number of carbonyl (C=O) groups excluding carboxylic acids is 2. The van der Waals surface area contributed by atoms with Crippen molar-refractivity contribution in [1.29, 1.82) is 0 Å². The molecule has 0 bridgehead atoms. The first-order chi connectivity index (χ1) is 38.5. The van der Waals surface area contributed by atoms with E-state index in [0.29, 0.717) is 19.4 Å². The van der Waals surface area contributed by atoms with Crippen molar-refractivity contribution in [3.8, 4) is 0 Å². The zero-order chi connectivity index (χ0) is 56.4. The first-order valence-corrected chi connectivity index (χ1v) is 35.6. The third-order valence-electron chi connectivity index (χ3n) is 16.7. The molecule has 0 fully saturated rings. The number of rotatable bonds is 67. The van der Waals surface area contributed by atoms with Gasteiger partial charge in [-0.25, -0.2) is 0 Å². The second-order valence-electron chi connectivity index (χ2n) is 24.6. The van der Waals surface area contributed by atoms with Crippen LogP contribution in [0.15, 0.2) is 24.3 Å². The van der Waals surface area contributed by atoms with Gasteiger partial charge in [0, 0.05) is 12.8 Å². The normalized spacial score (nSPS) is 12.6. The Hall–Kier alpha value is -1.66. The van der Waals surface area contributed by atoms with Gasteiger partial charge in [-0.15, -0.1) is 0 Å². The minimum atomic E-state index is -0.839. The Labute approximate surface area is 488 Å². The summed E-state index contributed by atoms with van der Waals surface area (Å²) in [5.41, 5.74) is 0. The van der Waals surface area contributed by atoms with Gasteiger partial charge in [0.25, 0.3) is 0 Å². The van der Waals surface area contributed by atoms with E-state index in [2.05, 4.69) is 31.3 Å². The van der Waals surface area contributed by atoms with Crippen molar-refractivity contribution in [3.63, 3.8) is 0 Å². The maximum atomic E-state index is 12.4. The molecule has 1 amide bonds. The number of hydrogen-bond donors (Lipinski definition) is 3. The van der Waals surface area contributed by atoms with Gasteiger partial charge in [-0.3, -0.25) is 9.59 Å². The molecule has 2 unspecified atom stereocenters. The molecule has 0 saturated carbocycles. The standard InChI is InChI=1S/C72H139NO5/c1-3-5-7-9-11-13-15-16-17-40-43-46-50-54-58-62-66-72(77)78-67-63-59-55-51-47-44-41-38-36-34-32-30-28-26-24-22-20-18-19-21-23-25-27-29-31-33-35-37-39-42-45-49-53-57-61-65-71(76)73-69(68-74)70(75)64-60-56-52-48-14-12-10-8-6-4-2/h20,22,60,64,69-70,74-75H,3-19,21,23-59,61-63,65-68H2,1-2H3,(H,73,76)/b22-20-,64-60+. The summed E-state index contributed by atoms with van der Waals surface area (Å²) in [6, 6.07) is -0.623. The minimum Gasteiger partial charge on any atom is -0.466 e. The zero-order valence-electron chi connectivity index (χ0n) is 52.9. The van der Waals surface area contributed by atoms with Crippen LogP contribution in [0.1, 0.15) is 399 Å². The van der Waals surface area contributed by atoms with Crippen molar-refractivity contribution in [2.45, 2.75) is 411 Å². The molecule has 0 aliphatic carbocycles. The molecule has 0 aromatic rings. The number of carbonyl (C=O) groups is 2. The van der Waals surface area contributed by atoms with Crippen LogP contribution in [-0.4, -0.2) is 47.4 Å². The quantitative estimate of drug-likeness (QED) is 0.0320. The maximum Gasteiger partial charge on any atom is 0.305 e. The molecular formula is C72H139NO5. The molecule has 0 aromatic heterocycles. The van der Waals surface area contributed by atoms with E-state index in [0.717, 1.165) is 38.5 Å². The fourth-order valence-corrected chi connectivity index (χ4v) is 11.3. The Morgan fingerprint density at radius 2 is 0.603 bits per heavy atom. The molecule has 0 saturated heterocycles. The molecule has 6 heteroatoms. The van der Waals surface area contributed by atoms with Gasteiger partial charge in [0.05, 0.1) is 25.4 Å². The van der Waals surface area contributed by atoms with E-state index in [-0.39, 0.29) is 18.5 Å². The molecule has 0 radical (unpaired) electrons. The molecule has 462 valence electrons. The van der Waals surface area contributed by atoms with Crippen LogP contribution in [0.3, 0.4) is 0 Å². The number of aliphatic hydroxyl groups is 2. The van der Waals surface area contributed by atoms with Crippen molar-refractivity contribution in [2.75, 3.05) is 13.2 Å². The van der Waals surface area contributed by atoms with Crippen molar-refractivity contribution in [2.24, 2.45) is 0 Å². The highest BCUT2D eigenvalue weighted by atomic mass is 16.5. The summed E-state index contributed by atoms with van der Waals surface area (Å²) < 4.78 is 5.51. The maximum absolute atomic E-state index is 12.4. The summed E-state index contributed by atoms with van der Waals surface area (Å²) in [5.74, 6) is -0.0407. The van der Waals surface area contributed by atoms with Gasteiger partial charge in [-0.2, -0.15) is 0 Å². The van der Waals surface area contributed by atoms with Crippen LogP contribution in [0.2, 0.25) is 0 Å². The second-order valence-corrected chi connectivity index (χ2v) is 24.6. The van der Waals surface area contributed by atoms with E-state index in [1.54, 1.807) is 6.08 Å². The Bertz CT molecular complexity index is 1220. The number of amides is 1. The number of allylic oxidation sites excluding steroid dienone is 3. The average Bonchev–Trinajstić information content (AvgIpc) is 3.44. The number of esters is 1. The molecule has 3 N–H and O–H groups in total. The molecule has 0 heterocycles. The summed E-state index contributed by atoms with van der Waals surface area (Å²) in [4.78, 5) is 24.5. The van der Waals surface area contributed by atoms with Crippen LogP contribution < -0.4 is 5.32 Å². The molecule has 0 spiro atoms. The van der Waals surface area contributed by atoms with E-state index in [4.69, 9.17) is 4.74 Å². The third-order valence-corrected chi connectivity index (χ3v) is 16.7. The third kappa shape index (κ3) is 63.5. The van der Waals surface area contributed by atoms with Gasteiger partial charge in [0.15, 0.2) is 0 Å². The van der Waals surface area contributed by atoms with Crippen LogP contribution in [0.25, 0.3) is 0 Å². The van der Waals surface area contributed by atoms with Gasteiger partial charge in [0.1, 0.15) is 0 Å². The second kappa shape index (κ2) is 67.8. The van der Waals surface area contributed by atoms with Gasteiger partial charge in [-0.1, -0.05) is 353 Å². The fraction of sp³-hybridized carbons (Fsp3) is 0.917. The Morgan fingerprint density at radius 1 is 0.346 bits per heavy atom. The highest BCUT2D eigenvalue weighted by Gasteiger charge is 2.18. The summed E-state index contributed by atoms with van der Waals surface area (Å²) in [7, 11) is 0. The molecule has 0 aromatic carbocycles. The monoisotopic (exact) mass is 1100 g/mol.